The smallest absolute Gasteiger partial charge is 0.272 e. The van der Waals surface area contributed by atoms with Crippen LogP contribution in [0.2, 0.25) is 0 Å². The fraction of sp³-hybridized carbons (Fsp3) is 0.211. The van der Waals surface area contributed by atoms with Gasteiger partial charge in [0.2, 0.25) is 0 Å². The van der Waals surface area contributed by atoms with E-state index in [1.165, 1.54) is 0 Å². The third kappa shape index (κ3) is 2.57. The number of carbonyl (C=O) groups excluding carboxylic acids is 1. The van der Waals surface area contributed by atoms with Crippen molar-refractivity contribution < 1.29 is 9.53 Å². The Balaban J connectivity index is 2.01. The summed E-state index contributed by atoms with van der Waals surface area (Å²) in [5.74, 6) is 0.642. The van der Waals surface area contributed by atoms with Crippen molar-refractivity contribution in [1.82, 2.24) is 4.57 Å². The predicted molar refractivity (Wildman–Crippen MR) is 93.3 cm³/mol. The SMILES string of the molecule is COc1cccc2c1cc(C(=O)Nc1cccc(C)c1C)n2C. The van der Waals surface area contributed by atoms with Crippen molar-refractivity contribution in [3.8, 4) is 5.75 Å². The summed E-state index contributed by atoms with van der Waals surface area (Å²) < 4.78 is 7.27. The minimum absolute atomic E-state index is 0.126. The van der Waals surface area contributed by atoms with Crippen LogP contribution < -0.4 is 10.1 Å². The molecule has 2 aromatic carbocycles. The highest BCUT2D eigenvalue weighted by atomic mass is 16.5. The minimum Gasteiger partial charge on any atom is -0.496 e. The topological polar surface area (TPSA) is 43.3 Å². The van der Waals surface area contributed by atoms with Gasteiger partial charge in [-0.3, -0.25) is 4.79 Å². The largest absolute Gasteiger partial charge is 0.496 e. The molecule has 1 heterocycles. The number of aryl methyl sites for hydroxylation is 2. The van der Waals surface area contributed by atoms with Crippen LogP contribution in [0.3, 0.4) is 0 Å². The van der Waals surface area contributed by atoms with Gasteiger partial charge in [0.15, 0.2) is 0 Å². The fourth-order valence-corrected chi connectivity index (χ4v) is 2.80. The van der Waals surface area contributed by atoms with Crippen LogP contribution in [0.25, 0.3) is 10.9 Å². The van der Waals surface area contributed by atoms with Gasteiger partial charge in [-0.1, -0.05) is 18.2 Å². The molecule has 23 heavy (non-hydrogen) atoms. The van der Waals surface area contributed by atoms with Gasteiger partial charge in [-0.05, 0) is 49.2 Å². The molecule has 0 saturated heterocycles. The Hall–Kier alpha value is -2.75. The highest BCUT2D eigenvalue weighted by Crippen LogP contribution is 2.28. The van der Waals surface area contributed by atoms with Crippen molar-refractivity contribution >= 4 is 22.5 Å². The van der Waals surface area contributed by atoms with Crippen LogP contribution in [0, 0.1) is 13.8 Å². The van der Waals surface area contributed by atoms with Gasteiger partial charge < -0.3 is 14.6 Å². The molecular weight excluding hydrogens is 288 g/mol. The summed E-state index contributed by atoms with van der Waals surface area (Å²) in [5.41, 5.74) is 4.65. The summed E-state index contributed by atoms with van der Waals surface area (Å²) >= 11 is 0. The second-order valence-electron chi connectivity index (χ2n) is 5.68. The maximum absolute atomic E-state index is 12.7. The maximum Gasteiger partial charge on any atom is 0.272 e. The maximum atomic E-state index is 12.7. The van der Waals surface area contributed by atoms with Crippen molar-refractivity contribution in [2.75, 3.05) is 12.4 Å². The van der Waals surface area contributed by atoms with E-state index < -0.39 is 0 Å². The molecule has 0 aliphatic heterocycles. The molecule has 1 aromatic heterocycles. The second kappa shape index (κ2) is 5.80. The molecule has 0 spiro atoms. The quantitative estimate of drug-likeness (QED) is 0.793. The van der Waals surface area contributed by atoms with E-state index in [1.54, 1.807) is 7.11 Å². The number of benzene rings is 2. The van der Waals surface area contributed by atoms with Gasteiger partial charge in [-0.2, -0.15) is 0 Å². The standard InChI is InChI=1S/C19H20N2O2/c1-12-7-5-8-15(13(12)2)20-19(22)17-11-14-16(21(17)3)9-6-10-18(14)23-4/h5-11H,1-4H3,(H,20,22). The highest BCUT2D eigenvalue weighted by molar-refractivity contribution is 6.07. The van der Waals surface area contributed by atoms with Crippen LogP contribution in [0.1, 0.15) is 21.6 Å². The lowest BCUT2D eigenvalue weighted by Crippen LogP contribution is -2.16. The van der Waals surface area contributed by atoms with Crippen LogP contribution >= 0.6 is 0 Å². The summed E-state index contributed by atoms with van der Waals surface area (Å²) in [6.45, 7) is 4.04. The van der Waals surface area contributed by atoms with Crippen LogP contribution in [0.15, 0.2) is 42.5 Å². The average molecular weight is 308 g/mol. The van der Waals surface area contributed by atoms with E-state index in [0.717, 1.165) is 33.5 Å². The molecule has 1 amide bonds. The molecule has 3 aromatic rings. The fourth-order valence-electron chi connectivity index (χ4n) is 2.80. The summed E-state index contributed by atoms with van der Waals surface area (Å²) in [4.78, 5) is 12.7. The summed E-state index contributed by atoms with van der Waals surface area (Å²) in [6, 6.07) is 13.6. The Morgan fingerprint density at radius 3 is 2.61 bits per heavy atom. The van der Waals surface area contributed by atoms with Gasteiger partial charge in [0, 0.05) is 18.1 Å². The van der Waals surface area contributed by atoms with Gasteiger partial charge in [0.25, 0.3) is 5.91 Å². The Kier molecular flexibility index (Phi) is 3.82. The number of hydrogen-bond acceptors (Lipinski definition) is 2. The number of aromatic nitrogens is 1. The zero-order valence-corrected chi connectivity index (χ0v) is 13.8. The van der Waals surface area contributed by atoms with Crippen molar-refractivity contribution in [2.45, 2.75) is 13.8 Å². The number of nitrogens with one attached hydrogen (secondary N) is 1. The number of fused-ring (bicyclic) bond motifs is 1. The third-order valence-electron chi connectivity index (χ3n) is 4.35. The first-order valence-corrected chi connectivity index (χ1v) is 7.53. The van der Waals surface area contributed by atoms with Crippen LogP contribution in [-0.2, 0) is 7.05 Å². The molecular formula is C19H20N2O2. The summed E-state index contributed by atoms with van der Waals surface area (Å²) in [5, 5.41) is 3.94. The monoisotopic (exact) mass is 308 g/mol. The number of hydrogen-bond donors (Lipinski definition) is 1. The number of carbonyl (C=O) groups is 1. The van der Waals surface area contributed by atoms with E-state index in [1.807, 2.05) is 67.9 Å². The van der Waals surface area contributed by atoms with Crippen molar-refractivity contribution in [3.63, 3.8) is 0 Å². The number of ether oxygens (including phenoxy) is 1. The van der Waals surface area contributed by atoms with Gasteiger partial charge in [0.1, 0.15) is 11.4 Å². The van der Waals surface area contributed by atoms with E-state index in [4.69, 9.17) is 4.74 Å². The molecule has 4 heteroatoms. The van der Waals surface area contributed by atoms with Gasteiger partial charge in [-0.15, -0.1) is 0 Å². The van der Waals surface area contributed by atoms with Gasteiger partial charge in [-0.25, -0.2) is 0 Å². The zero-order chi connectivity index (χ0) is 16.6. The molecule has 0 radical (unpaired) electrons. The van der Waals surface area contributed by atoms with Crippen LogP contribution in [-0.4, -0.2) is 17.6 Å². The predicted octanol–water partition coefficient (Wildman–Crippen LogP) is 4.06. The van der Waals surface area contributed by atoms with Crippen molar-refractivity contribution in [3.05, 3.63) is 59.3 Å². The van der Waals surface area contributed by atoms with Crippen LogP contribution in [0.4, 0.5) is 5.69 Å². The summed E-state index contributed by atoms with van der Waals surface area (Å²) in [6.07, 6.45) is 0. The Morgan fingerprint density at radius 1 is 1.13 bits per heavy atom. The highest BCUT2D eigenvalue weighted by Gasteiger charge is 2.16. The molecule has 0 fully saturated rings. The van der Waals surface area contributed by atoms with Gasteiger partial charge >= 0.3 is 0 Å². The second-order valence-corrected chi connectivity index (χ2v) is 5.68. The van der Waals surface area contributed by atoms with E-state index in [9.17, 15) is 4.79 Å². The normalized spacial score (nSPS) is 10.8. The van der Waals surface area contributed by atoms with Gasteiger partial charge in [0.05, 0.1) is 12.6 Å². The average Bonchev–Trinajstić information content (AvgIpc) is 2.89. The molecule has 4 nitrogen and oxygen atoms in total. The first-order valence-electron chi connectivity index (χ1n) is 7.53. The molecule has 3 rings (SSSR count). The molecule has 118 valence electrons. The molecule has 0 unspecified atom stereocenters. The van der Waals surface area contributed by atoms with E-state index in [2.05, 4.69) is 5.32 Å². The Morgan fingerprint density at radius 2 is 1.87 bits per heavy atom. The number of rotatable bonds is 3. The van der Waals surface area contributed by atoms with E-state index in [0.29, 0.717) is 5.69 Å². The first-order chi connectivity index (χ1) is 11.0. The van der Waals surface area contributed by atoms with E-state index >= 15 is 0 Å². The molecule has 0 saturated carbocycles. The lowest BCUT2D eigenvalue weighted by Gasteiger charge is -2.10. The van der Waals surface area contributed by atoms with Crippen molar-refractivity contribution in [2.24, 2.45) is 7.05 Å². The molecule has 0 aliphatic carbocycles. The minimum atomic E-state index is -0.126. The lowest BCUT2D eigenvalue weighted by molar-refractivity contribution is 0.101. The van der Waals surface area contributed by atoms with E-state index in [-0.39, 0.29) is 5.91 Å². The van der Waals surface area contributed by atoms with Crippen molar-refractivity contribution in [1.29, 1.82) is 0 Å². The number of amides is 1. The molecule has 0 bridgehead atoms. The first kappa shape index (κ1) is 15.2. The zero-order valence-electron chi connectivity index (χ0n) is 13.8. The summed E-state index contributed by atoms with van der Waals surface area (Å²) in [7, 11) is 3.53. The van der Waals surface area contributed by atoms with Crippen LogP contribution in [0.5, 0.6) is 5.75 Å². The molecule has 1 N–H and O–H groups in total. The Bertz CT molecular complexity index is 894. The number of anilines is 1. The number of nitrogens with zero attached hydrogens (tertiary/aromatic N) is 1. The third-order valence-corrected chi connectivity index (χ3v) is 4.35. The molecule has 0 aliphatic rings. The lowest BCUT2D eigenvalue weighted by atomic mass is 10.1. The molecule has 0 atom stereocenters. The Labute approximate surface area is 135 Å². The number of methoxy groups -OCH3 is 1.